The third-order valence-corrected chi connectivity index (χ3v) is 9.32. The number of hydrogen-bond donors (Lipinski definition) is 2. The lowest BCUT2D eigenvalue weighted by Crippen LogP contribution is -2.50. The highest BCUT2D eigenvalue weighted by atomic mass is 16.2. The first-order valence-electron chi connectivity index (χ1n) is 14.3. The molecule has 3 N–H and O–H groups in total. The first-order valence-corrected chi connectivity index (χ1v) is 14.3. The van der Waals surface area contributed by atoms with E-state index in [0.29, 0.717) is 18.4 Å². The van der Waals surface area contributed by atoms with Gasteiger partial charge in [-0.1, -0.05) is 45.1 Å². The van der Waals surface area contributed by atoms with Crippen molar-refractivity contribution in [3.8, 4) is 0 Å². The normalized spacial score (nSPS) is 28.2. The largest absolute Gasteiger partial charge is 0.330 e. The fraction of sp³-hybridized carbons (Fsp3) is 0.633. The van der Waals surface area contributed by atoms with E-state index in [1.807, 2.05) is 35.2 Å². The molecule has 3 atom stereocenters. The van der Waals surface area contributed by atoms with Gasteiger partial charge in [-0.2, -0.15) is 0 Å². The standard InChI is InChI=1S/C30H42N4O2/c1-2-26(31)21-10-12-22(13-11-21)30(36)34-18-16-25(20-7-4-3-5-8-20)28(34)29(35)33-24-14-15-27-23(19-24)9-6-17-32-27/h6,9,14-15,17,19-22,25-26,28H,2-5,7-8,10-13,16,18,31H2,1H3,(H,33,35)/t21?,22?,25?,26?,28-/m0/s1. The predicted octanol–water partition coefficient (Wildman–Crippen LogP) is 5.51. The molecule has 0 radical (unpaired) electrons. The monoisotopic (exact) mass is 490 g/mol. The van der Waals surface area contributed by atoms with Crippen LogP contribution in [0.25, 0.3) is 10.9 Å². The molecule has 6 heteroatoms. The highest BCUT2D eigenvalue weighted by Crippen LogP contribution is 2.41. The molecule has 194 valence electrons. The smallest absolute Gasteiger partial charge is 0.247 e. The molecule has 6 nitrogen and oxygen atoms in total. The van der Waals surface area contributed by atoms with Crippen molar-refractivity contribution in [1.82, 2.24) is 9.88 Å². The number of likely N-dealkylation sites (tertiary alicyclic amines) is 1. The van der Waals surface area contributed by atoms with Crippen LogP contribution in [0.1, 0.15) is 77.6 Å². The van der Waals surface area contributed by atoms with Crippen LogP contribution in [0.4, 0.5) is 5.69 Å². The molecule has 2 aromatic rings. The molecule has 36 heavy (non-hydrogen) atoms. The summed E-state index contributed by atoms with van der Waals surface area (Å²) in [5.41, 5.74) is 7.99. The van der Waals surface area contributed by atoms with Gasteiger partial charge < -0.3 is 16.0 Å². The van der Waals surface area contributed by atoms with Gasteiger partial charge in [-0.25, -0.2) is 0 Å². The molecule has 0 bridgehead atoms. The van der Waals surface area contributed by atoms with Gasteiger partial charge in [0.2, 0.25) is 11.8 Å². The van der Waals surface area contributed by atoms with Gasteiger partial charge in [0.15, 0.2) is 0 Å². The Hall–Kier alpha value is -2.47. The van der Waals surface area contributed by atoms with E-state index in [9.17, 15) is 9.59 Å². The number of nitrogens with zero attached hydrogens (tertiary/aromatic N) is 2. The summed E-state index contributed by atoms with van der Waals surface area (Å²) in [7, 11) is 0. The van der Waals surface area contributed by atoms with E-state index in [1.165, 1.54) is 32.1 Å². The molecule has 1 aromatic heterocycles. The molecule has 5 rings (SSSR count). The average molecular weight is 491 g/mol. The zero-order valence-electron chi connectivity index (χ0n) is 21.7. The van der Waals surface area contributed by atoms with Crippen molar-refractivity contribution in [2.24, 2.45) is 29.4 Å². The minimum atomic E-state index is -0.374. The van der Waals surface area contributed by atoms with Crippen LogP contribution in [-0.2, 0) is 9.59 Å². The number of hydrogen-bond acceptors (Lipinski definition) is 4. The average Bonchev–Trinajstić information content (AvgIpc) is 3.38. The number of rotatable bonds is 6. The van der Waals surface area contributed by atoms with Crippen molar-refractivity contribution in [3.05, 3.63) is 36.5 Å². The van der Waals surface area contributed by atoms with Crippen LogP contribution in [0.15, 0.2) is 36.5 Å². The van der Waals surface area contributed by atoms with E-state index in [-0.39, 0.29) is 35.7 Å². The van der Waals surface area contributed by atoms with Crippen LogP contribution in [0.2, 0.25) is 0 Å². The summed E-state index contributed by atoms with van der Waals surface area (Å²) < 4.78 is 0. The number of carbonyl (C=O) groups excluding carboxylic acids is 2. The van der Waals surface area contributed by atoms with Gasteiger partial charge in [-0.05, 0) is 80.5 Å². The minimum absolute atomic E-state index is 0.0254. The van der Waals surface area contributed by atoms with Crippen molar-refractivity contribution in [3.63, 3.8) is 0 Å². The molecule has 1 aliphatic heterocycles. The lowest BCUT2D eigenvalue weighted by molar-refractivity contribution is -0.142. The maximum Gasteiger partial charge on any atom is 0.247 e. The summed E-state index contributed by atoms with van der Waals surface area (Å²) in [4.78, 5) is 34.0. The van der Waals surface area contributed by atoms with Crippen LogP contribution in [0.3, 0.4) is 0 Å². The van der Waals surface area contributed by atoms with E-state index in [4.69, 9.17) is 5.73 Å². The number of fused-ring (bicyclic) bond motifs is 1. The number of amides is 2. The predicted molar refractivity (Wildman–Crippen MR) is 144 cm³/mol. The molecule has 2 heterocycles. The fourth-order valence-corrected chi connectivity index (χ4v) is 7.19. The highest BCUT2D eigenvalue weighted by molar-refractivity contribution is 5.99. The Labute approximate surface area is 215 Å². The summed E-state index contributed by atoms with van der Waals surface area (Å²) >= 11 is 0. The van der Waals surface area contributed by atoms with Gasteiger partial charge in [0.25, 0.3) is 0 Å². The zero-order valence-corrected chi connectivity index (χ0v) is 21.7. The van der Waals surface area contributed by atoms with Gasteiger partial charge in [-0.3, -0.25) is 14.6 Å². The Morgan fingerprint density at radius 2 is 1.83 bits per heavy atom. The summed E-state index contributed by atoms with van der Waals surface area (Å²) in [6, 6.07) is 9.62. The van der Waals surface area contributed by atoms with Gasteiger partial charge in [0.05, 0.1) is 5.52 Å². The Bertz CT molecular complexity index is 1060. The lowest BCUT2D eigenvalue weighted by atomic mass is 9.76. The van der Waals surface area contributed by atoms with Gasteiger partial charge in [0, 0.05) is 35.8 Å². The van der Waals surface area contributed by atoms with E-state index < -0.39 is 0 Å². The van der Waals surface area contributed by atoms with Crippen LogP contribution >= 0.6 is 0 Å². The number of benzene rings is 1. The number of pyridine rings is 1. The number of nitrogens with one attached hydrogen (secondary N) is 1. The highest BCUT2D eigenvalue weighted by Gasteiger charge is 2.46. The quantitative estimate of drug-likeness (QED) is 0.558. The molecule has 2 unspecified atom stereocenters. The minimum Gasteiger partial charge on any atom is -0.330 e. The van der Waals surface area contributed by atoms with Crippen LogP contribution in [0, 0.1) is 23.7 Å². The fourth-order valence-electron chi connectivity index (χ4n) is 7.19. The Kier molecular flexibility index (Phi) is 7.90. The van der Waals surface area contributed by atoms with E-state index in [2.05, 4.69) is 17.2 Å². The Morgan fingerprint density at radius 1 is 1.06 bits per heavy atom. The van der Waals surface area contributed by atoms with Crippen LogP contribution < -0.4 is 11.1 Å². The van der Waals surface area contributed by atoms with Crippen molar-refractivity contribution in [2.75, 3.05) is 11.9 Å². The molecule has 1 saturated heterocycles. The van der Waals surface area contributed by atoms with Crippen LogP contribution in [-0.4, -0.2) is 40.3 Å². The van der Waals surface area contributed by atoms with Crippen LogP contribution in [0.5, 0.6) is 0 Å². The third-order valence-electron chi connectivity index (χ3n) is 9.32. The van der Waals surface area contributed by atoms with Gasteiger partial charge in [0.1, 0.15) is 6.04 Å². The maximum absolute atomic E-state index is 13.8. The third kappa shape index (κ3) is 5.29. The van der Waals surface area contributed by atoms with E-state index >= 15 is 0 Å². The van der Waals surface area contributed by atoms with Gasteiger partial charge >= 0.3 is 0 Å². The Morgan fingerprint density at radius 3 is 2.58 bits per heavy atom. The lowest BCUT2D eigenvalue weighted by Gasteiger charge is -2.37. The molecule has 1 aromatic carbocycles. The van der Waals surface area contributed by atoms with Crippen molar-refractivity contribution < 1.29 is 9.59 Å². The second kappa shape index (κ2) is 11.3. The topological polar surface area (TPSA) is 88.3 Å². The molecule has 2 saturated carbocycles. The number of nitrogens with two attached hydrogens (primary N) is 1. The maximum atomic E-state index is 13.8. The number of anilines is 1. The van der Waals surface area contributed by atoms with Gasteiger partial charge in [-0.15, -0.1) is 0 Å². The summed E-state index contributed by atoms with van der Waals surface area (Å²) in [6.07, 6.45) is 13.7. The second-order valence-electron chi connectivity index (χ2n) is 11.4. The molecule has 0 spiro atoms. The summed E-state index contributed by atoms with van der Waals surface area (Å²) in [5.74, 6) is 1.50. The number of carbonyl (C=O) groups is 2. The van der Waals surface area contributed by atoms with E-state index in [1.54, 1.807) is 6.20 Å². The second-order valence-corrected chi connectivity index (χ2v) is 11.4. The summed E-state index contributed by atoms with van der Waals surface area (Å²) in [6.45, 7) is 2.85. The van der Waals surface area contributed by atoms with Crippen molar-refractivity contribution in [1.29, 1.82) is 0 Å². The van der Waals surface area contributed by atoms with Crippen molar-refractivity contribution >= 4 is 28.4 Å². The number of aromatic nitrogens is 1. The van der Waals surface area contributed by atoms with E-state index in [0.717, 1.165) is 55.1 Å². The SMILES string of the molecule is CCC(N)C1CCC(C(=O)N2CCC(C3CCCCC3)[C@H]2C(=O)Nc2ccc3ncccc3c2)CC1. The first-order chi connectivity index (χ1) is 17.5. The molecular formula is C30H42N4O2. The molecule has 3 aliphatic rings. The first kappa shape index (κ1) is 25.2. The molecule has 3 fully saturated rings. The molecule has 2 amide bonds. The molecular weight excluding hydrogens is 448 g/mol. The Balaban J connectivity index is 1.33. The van der Waals surface area contributed by atoms with Crippen molar-refractivity contribution in [2.45, 2.75) is 89.6 Å². The molecule has 2 aliphatic carbocycles. The zero-order chi connectivity index (χ0) is 25.1. The summed E-state index contributed by atoms with van der Waals surface area (Å²) in [5, 5.41) is 4.19.